The third-order valence-electron chi connectivity index (χ3n) is 7.50. The maximum Gasteiger partial charge on any atom is 0.309 e. The van der Waals surface area contributed by atoms with Crippen LogP contribution in [-0.4, -0.2) is 91.1 Å². The quantitative estimate of drug-likeness (QED) is 0.272. The van der Waals surface area contributed by atoms with E-state index in [4.69, 9.17) is 23.7 Å². The molecule has 9 atom stereocenters. The van der Waals surface area contributed by atoms with Gasteiger partial charge in [0.1, 0.15) is 30.5 Å². The minimum absolute atomic E-state index is 0.154. The van der Waals surface area contributed by atoms with Crippen LogP contribution in [-0.2, 0) is 28.5 Å². The Morgan fingerprint density at radius 3 is 2.44 bits per heavy atom. The molecule has 0 radical (unpaired) electrons. The summed E-state index contributed by atoms with van der Waals surface area (Å²) in [6.45, 7) is 7.66. The molecule has 0 saturated carbocycles. The van der Waals surface area contributed by atoms with Crippen LogP contribution in [0.2, 0.25) is 0 Å². The lowest BCUT2D eigenvalue weighted by Crippen LogP contribution is -2.60. The topological polar surface area (TPSA) is 124 Å². The van der Waals surface area contributed by atoms with Crippen LogP contribution >= 0.6 is 0 Å². The molecular weight excluding hydrogens is 552 g/mol. The number of aliphatic hydroxyl groups is 3. The van der Waals surface area contributed by atoms with Crippen LogP contribution < -0.4 is 0 Å². The summed E-state index contributed by atoms with van der Waals surface area (Å²) in [7, 11) is 3.01. The molecule has 0 aromatic rings. The van der Waals surface area contributed by atoms with E-state index in [1.165, 1.54) is 7.11 Å². The number of rotatable bonds is 8. The zero-order valence-corrected chi connectivity index (χ0v) is 26.5. The van der Waals surface area contributed by atoms with Crippen LogP contribution in [0, 0.1) is 5.92 Å². The van der Waals surface area contributed by atoms with Crippen LogP contribution in [0.25, 0.3) is 0 Å². The number of carbonyl (C=O) groups excluding carboxylic acids is 1. The van der Waals surface area contributed by atoms with Crippen LogP contribution in [0.4, 0.5) is 0 Å². The van der Waals surface area contributed by atoms with E-state index in [1.807, 2.05) is 63.3 Å². The van der Waals surface area contributed by atoms with Crippen LogP contribution in [0.1, 0.15) is 59.8 Å². The first kappa shape index (κ1) is 36.8. The van der Waals surface area contributed by atoms with Crippen molar-refractivity contribution in [1.82, 2.24) is 0 Å². The Balaban J connectivity index is 2.38. The molecule has 2 rings (SSSR count). The molecule has 2 unspecified atom stereocenters. The first-order valence-electron chi connectivity index (χ1n) is 15.1. The first-order valence-corrected chi connectivity index (χ1v) is 15.1. The van der Waals surface area contributed by atoms with Gasteiger partial charge in [-0.15, -0.1) is 0 Å². The predicted molar refractivity (Wildman–Crippen MR) is 166 cm³/mol. The zero-order chi connectivity index (χ0) is 31.8. The molecule has 1 saturated heterocycles. The minimum Gasteiger partial charge on any atom is -0.458 e. The summed E-state index contributed by atoms with van der Waals surface area (Å²) >= 11 is 0. The van der Waals surface area contributed by atoms with Gasteiger partial charge in [-0.1, -0.05) is 67.2 Å². The third-order valence-corrected chi connectivity index (χ3v) is 7.50. The molecule has 0 aromatic carbocycles. The molecule has 1 fully saturated rings. The highest BCUT2D eigenvalue weighted by Crippen LogP contribution is 2.26. The summed E-state index contributed by atoms with van der Waals surface area (Å²) in [6.07, 6.45) is 14.9. The minimum atomic E-state index is -1.36. The second kappa shape index (κ2) is 19.8. The number of cyclic esters (lactones) is 1. The third kappa shape index (κ3) is 12.6. The van der Waals surface area contributed by atoms with Crippen molar-refractivity contribution in [3.05, 3.63) is 71.9 Å². The Morgan fingerprint density at radius 1 is 1.07 bits per heavy atom. The maximum atomic E-state index is 13.3. The molecule has 0 amide bonds. The van der Waals surface area contributed by atoms with E-state index in [2.05, 4.69) is 19.1 Å². The molecule has 9 heteroatoms. The normalized spacial score (nSPS) is 37.5. The lowest BCUT2D eigenvalue weighted by molar-refractivity contribution is -0.311. The molecule has 0 spiro atoms. The van der Waals surface area contributed by atoms with E-state index in [0.717, 1.165) is 24.0 Å². The average Bonchev–Trinajstić information content (AvgIpc) is 2.96. The maximum absolute atomic E-state index is 13.3. The van der Waals surface area contributed by atoms with Gasteiger partial charge in [-0.2, -0.15) is 0 Å². The SMILES string of the molecule is C/C=C/C/C(C)=C\[C@H]1C/C=C/C=C/C[C@H](C)/C=C(\C)C(OC)C/C=C/[C@@H](O[C@@H]2O[C@H](CO)[C@@H](O)C(OC)[C@H]2O)CC(=O)O1. The van der Waals surface area contributed by atoms with Gasteiger partial charge in [-0.25, -0.2) is 0 Å². The summed E-state index contributed by atoms with van der Waals surface area (Å²) in [5.41, 5.74) is 2.17. The van der Waals surface area contributed by atoms with Gasteiger partial charge in [-0.05, 0) is 57.6 Å². The van der Waals surface area contributed by atoms with Crippen molar-refractivity contribution < 1.29 is 43.8 Å². The molecule has 0 aromatic heterocycles. The van der Waals surface area contributed by atoms with Gasteiger partial charge in [0.05, 0.1) is 25.2 Å². The number of hydrogen-bond donors (Lipinski definition) is 3. The van der Waals surface area contributed by atoms with Crippen LogP contribution in [0.15, 0.2) is 71.9 Å². The van der Waals surface area contributed by atoms with Gasteiger partial charge >= 0.3 is 5.97 Å². The number of aliphatic hydroxyl groups excluding tert-OH is 3. The Hall–Kier alpha value is -2.37. The summed E-state index contributed by atoms with van der Waals surface area (Å²) < 4.78 is 28.7. The molecule has 2 aliphatic heterocycles. The number of hydrogen-bond acceptors (Lipinski definition) is 9. The number of ether oxygens (including phenoxy) is 5. The predicted octanol–water partition coefficient (Wildman–Crippen LogP) is 4.49. The Labute approximate surface area is 257 Å². The average molecular weight is 605 g/mol. The second-order valence-electron chi connectivity index (χ2n) is 11.2. The number of allylic oxidation sites excluding steroid dienone is 7. The van der Waals surface area contributed by atoms with Crippen LogP contribution in [0.5, 0.6) is 0 Å². The highest BCUT2D eigenvalue weighted by molar-refractivity contribution is 5.70. The molecule has 2 aliphatic rings. The smallest absolute Gasteiger partial charge is 0.309 e. The van der Waals surface area contributed by atoms with Crippen molar-refractivity contribution in [2.45, 2.75) is 109 Å². The van der Waals surface area contributed by atoms with E-state index >= 15 is 0 Å². The summed E-state index contributed by atoms with van der Waals surface area (Å²) in [6, 6.07) is 0. The number of carbonyl (C=O) groups is 1. The first-order chi connectivity index (χ1) is 20.6. The van der Waals surface area contributed by atoms with Crippen molar-refractivity contribution in [2.75, 3.05) is 20.8 Å². The largest absolute Gasteiger partial charge is 0.458 e. The van der Waals surface area contributed by atoms with Gasteiger partial charge in [0.2, 0.25) is 0 Å². The molecule has 242 valence electrons. The van der Waals surface area contributed by atoms with E-state index in [9.17, 15) is 20.1 Å². The zero-order valence-electron chi connectivity index (χ0n) is 26.5. The van der Waals surface area contributed by atoms with Gasteiger partial charge in [0, 0.05) is 20.6 Å². The Kier molecular flexibility index (Phi) is 17.0. The summed E-state index contributed by atoms with van der Waals surface area (Å²) in [4.78, 5) is 13.3. The molecule has 2 heterocycles. The van der Waals surface area contributed by atoms with Crippen molar-refractivity contribution in [2.24, 2.45) is 5.92 Å². The van der Waals surface area contributed by atoms with Crippen molar-refractivity contribution in [3.8, 4) is 0 Å². The van der Waals surface area contributed by atoms with Crippen molar-refractivity contribution in [1.29, 1.82) is 0 Å². The van der Waals surface area contributed by atoms with Gasteiger partial charge in [0.25, 0.3) is 0 Å². The Morgan fingerprint density at radius 2 is 1.79 bits per heavy atom. The fraction of sp³-hybridized carbons (Fsp3) is 0.618. The van der Waals surface area contributed by atoms with Gasteiger partial charge < -0.3 is 39.0 Å². The summed E-state index contributed by atoms with van der Waals surface area (Å²) in [5.74, 6) is -0.166. The molecular formula is C34H52O9. The van der Waals surface area contributed by atoms with Gasteiger partial charge in [0.15, 0.2) is 6.29 Å². The molecule has 0 aliphatic carbocycles. The highest BCUT2D eigenvalue weighted by Gasteiger charge is 2.46. The van der Waals surface area contributed by atoms with Gasteiger partial charge in [-0.3, -0.25) is 4.79 Å². The lowest BCUT2D eigenvalue weighted by Gasteiger charge is -2.42. The number of esters is 1. The van der Waals surface area contributed by atoms with E-state index in [0.29, 0.717) is 18.8 Å². The molecule has 43 heavy (non-hydrogen) atoms. The van der Waals surface area contributed by atoms with Crippen molar-refractivity contribution >= 4 is 5.97 Å². The standard InChI is InChI=1S/C34H52O9/c1-7-8-14-24(3)20-26-16-12-10-9-11-15-23(2)19-25(4)28(39-5)18-13-17-27(21-30(36)41-26)42-34-32(38)33(40-6)31(37)29(22-35)43-34/h7-13,17,19-20,23,26-29,31-35,37-38H,14-16,18,21-22H2,1-6H3/b8-7+,11-9+,12-10+,17-13+,24-20-,25-19+/t23-,26+,27+,28?,29+,31+,32+,33?,34+/m0/s1. The summed E-state index contributed by atoms with van der Waals surface area (Å²) in [5, 5.41) is 31.0. The van der Waals surface area contributed by atoms with Crippen LogP contribution in [0.3, 0.4) is 0 Å². The number of methoxy groups -OCH3 is 2. The monoisotopic (exact) mass is 604 g/mol. The van der Waals surface area contributed by atoms with E-state index in [1.54, 1.807) is 13.2 Å². The van der Waals surface area contributed by atoms with Crippen molar-refractivity contribution in [3.63, 3.8) is 0 Å². The molecule has 3 N–H and O–H groups in total. The highest BCUT2D eigenvalue weighted by atomic mass is 16.7. The second-order valence-corrected chi connectivity index (χ2v) is 11.2. The van der Waals surface area contributed by atoms with E-state index < -0.39 is 55.5 Å². The fourth-order valence-corrected chi connectivity index (χ4v) is 5.11. The molecule has 0 bridgehead atoms. The fourth-order valence-electron chi connectivity index (χ4n) is 5.11. The Bertz CT molecular complexity index is 1010. The molecule has 9 nitrogen and oxygen atoms in total. The lowest BCUT2D eigenvalue weighted by atomic mass is 9.98. The van der Waals surface area contributed by atoms with E-state index in [-0.39, 0.29) is 12.5 Å².